The molecule has 1 heterocycles. The average Bonchev–Trinajstić information content (AvgIpc) is 3.28. The number of benzene rings is 6. The summed E-state index contributed by atoms with van der Waals surface area (Å²) in [5.74, 6) is 1.55. The molecule has 280 valence electrons. The van der Waals surface area contributed by atoms with Gasteiger partial charge < -0.3 is 0 Å². The Morgan fingerprint density at radius 2 is 1.24 bits per heavy atom. The summed E-state index contributed by atoms with van der Waals surface area (Å²) in [6.07, 6.45) is 22.8. The number of rotatable bonds is 6. The molecular weight excluding hydrogens is 703 g/mol. The van der Waals surface area contributed by atoms with Crippen LogP contribution >= 0.6 is 0 Å². The molecule has 0 bridgehead atoms. The minimum absolute atomic E-state index is 0.0541. The van der Waals surface area contributed by atoms with Gasteiger partial charge >= 0.3 is 0 Å². The fraction of sp³-hybridized carbons (Fsp3) is 0.145. The third-order valence-corrected chi connectivity index (χ3v) is 12.2. The SMILES string of the molecule is C=C1CC(C)C=CC1=N/C=C(\C)C1=CC[C@@H](c2nc(-c3cc4ccccc4c4ccccc34)cc(C3C=CC(c4cc5ccccc5c5ccccc45)=CC3)n2)C=C1. The van der Waals surface area contributed by atoms with E-state index in [9.17, 15) is 0 Å². The molecule has 0 saturated carbocycles. The van der Waals surface area contributed by atoms with Gasteiger partial charge in [0.2, 0.25) is 0 Å². The maximum atomic E-state index is 5.40. The van der Waals surface area contributed by atoms with E-state index in [0.29, 0.717) is 5.92 Å². The number of aliphatic imine (C=N–C) groups is 1. The molecule has 3 nitrogen and oxygen atoms in total. The van der Waals surface area contributed by atoms with Crippen molar-refractivity contribution in [1.82, 2.24) is 9.97 Å². The predicted molar refractivity (Wildman–Crippen MR) is 246 cm³/mol. The fourth-order valence-electron chi connectivity index (χ4n) is 8.99. The smallest absolute Gasteiger partial charge is 0.136 e. The molecule has 3 aliphatic rings. The van der Waals surface area contributed by atoms with Crippen LogP contribution in [0.3, 0.4) is 0 Å². The molecular formula is C55H45N3. The summed E-state index contributed by atoms with van der Waals surface area (Å²) < 4.78 is 0. The third kappa shape index (κ3) is 6.67. The largest absolute Gasteiger partial charge is 0.256 e. The van der Waals surface area contributed by atoms with Crippen LogP contribution in [0.2, 0.25) is 0 Å². The van der Waals surface area contributed by atoms with Crippen molar-refractivity contribution in [3.05, 3.63) is 210 Å². The van der Waals surface area contributed by atoms with Crippen LogP contribution in [0, 0.1) is 5.92 Å². The second-order valence-corrected chi connectivity index (χ2v) is 16.1. The number of fused-ring (bicyclic) bond motifs is 6. The second kappa shape index (κ2) is 15.0. The summed E-state index contributed by atoms with van der Waals surface area (Å²) in [4.78, 5) is 15.6. The standard InChI is InChI=1S/C55H45N3/c1-35-20-29-52(36(2)30-35)56-34-37(3)38-21-27-41(28-22-38)55-57-53(33-54(58-55)51-32-43-13-5-7-15-45(43)47-17-9-11-19-49(47)51)40-25-23-39(24-26-40)50-31-42-12-4-6-14-44(42)46-16-8-10-18-48(46)50/h4-25,27,29,31-35,40-41H,2,26,28,30H2,1,3H3/b37-34+,56-52?/t35?,40?,41-/m0/s1. The monoisotopic (exact) mass is 747 g/mol. The van der Waals surface area contributed by atoms with Crippen molar-refractivity contribution in [1.29, 1.82) is 0 Å². The molecule has 6 aromatic carbocycles. The van der Waals surface area contributed by atoms with Crippen LogP contribution in [0.1, 0.15) is 62.0 Å². The molecule has 0 saturated heterocycles. The molecule has 0 aliphatic heterocycles. The average molecular weight is 748 g/mol. The number of allylic oxidation sites excluding steroid dienone is 12. The number of hydrogen-bond donors (Lipinski definition) is 0. The minimum Gasteiger partial charge on any atom is -0.256 e. The lowest BCUT2D eigenvalue weighted by Crippen LogP contribution is -2.10. The van der Waals surface area contributed by atoms with Crippen LogP contribution in [-0.2, 0) is 0 Å². The van der Waals surface area contributed by atoms with E-state index in [1.165, 1.54) is 59.8 Å². The van der Waals surface area contributed by atoms with Gasteiger partial charge in [-0.15, -0.1) is 0 Å². The van der Waals surface area contributed by atoms with Gasteiger partial charge in [-0.3, -0.25) is 4.99 Å². The van der Waals surface area contributed by atoms with E-state index in [-0.39, 0.29) is 11.8 Å². The first-order valence-electron chi connectivity index (χ1n) is 20.6. The van der Waals surface area contributed by atoms with Crippen molar-refractivity contribution < 1.29 is 0 Å². The van der Waals surface area contributed by atoms with Gasteiger partial charge in [0.15, 0.2) is 0 Å². The quantitative estimate of drug-likeness (QED) is 0.159. The van der Waals surface area contributed by atoms with Crippen LogP contribution in [0.4, 0.5) is 0 Å². The molecule has 0 fully saturated rings. The Morgan fingerprint density at radius 1 is 0.638 bits per heavy atom. The second-order valence-electron chi connectivity index (χ2n) is 16.1. The highest BCUT2D eigenvalue weighted by Gasteiger charge is 2.23. The first-order valence-corrected chi connectivity index (χ1v) is 20.6. The van der Waals surface area contributed by atoms with Crippen molar-refractivity contribution in [2.45, 2.75) is 44.9 Å². The highest BCUT2D eigenvalue weighted by molar-refractivity contribution is 6.14. The van der Waals surface area contributed by atoms with Gasteiger partial charge in [-0.05, 0) is 127 Å². The summed E-state index contributed by atoms with van der Waals surface area (Å²) in [6, 6.07) is 41.8. The summed E-state index contributed by atoms with van der Waals surface area (Å²) in [6.45, 7) is 8.61. The van der Waals surface area contributed by atoms with E-state index in [0.717, 1.165) is 58.9 Å². The molecule has 2 unspecified atom stereocenters. The van der Waals surface area contributed by atoms with Crippen LogP contribution in [-0.4, -0.2) is 15.7 Å². The molecule has 7 aromatic rings. The van der Waals surface area contributed by atoms with E-state index in [4.69, 9.17) is 15.0 Å². The van der Waals surface area contributed by atoms with E-state index in [2.05, 4.69) is 184 Å². The lowest BCUT2D eigenvalue weighted by atomic mass is 9.86. The van der Waals surface area contributed by atoms with Crippen molar-refractivity contribution in [3.63, 3.8) is 0 Å². The first-order chi connectivity index (χ1) is 28.5. The van der Waals surface area contributed by atoms with Crippen LogP contribution in [0.5, 0.6) is 0 Å². The predicted octanol–water partition coefficient (Wildman–Crippen LogP) is 14.4. The molecule has 10 rings (SSSR count). The van der Waals surface area contributed by atoms with Gasteiger partial charge in [0.1, 0.15) is 5.82 Å². The summed E-state index contributed by atoms with van der Waals surface area (Å²) in [5.41, 5.74) is 10.1. The van der Waals surface area contributed by atoms with Crippen LogP contribution in [0.15, 0.2) is 198 Å². The molecule has 0 spiro atoms. The van der Waals surface area contributed by atoms with Gasteiger partial charge in [0, 0.05) is 23.6 Å². The highest BCUT2D eigenvalue weighted by Crippen LogP contribution is 2.40. The zero-order valence-corrected chi connectivity index (χ0v) is 33.1. The topological polar surface area (TPSA) is 38.1 Å². The Labute approximate surface area is 340 Å². The van der Waals surface area contributed by atoms with E-state index in [1.807, 2.05) is 6.20 Å². The van der Waals surface area contributed by atoms with Gasteiger partial charge in [-0.2, -0.15) is 0 Å². The summed E-state index contributed by atoms with van der Waals surface area (Å²) >= 11 is 0. The third-order valence-electron chi connectivity index (χ3n) is 12.2. The van der Waals surface area contributed by atoms with Gasteiger partial charge in [0.25, 0.3) is 0 Å². The van der Waals surface area contributed by atoms with Crippen molar-refractivity contribution in [2.75, 3.05) is 0 Å². The molecule has 0 amide bonds. The maximum absolute atomic E-state index is 5.40. The Balaban J connectivity index is 1.02. The Kier molecular flexibility index (Phi) is 9.22. The molecule has 0 radical (unpaired) electrons. The zero-order valence-electron chi connectivity index (χ0n) is 33.1. The van der Waals surface area contributed by atoms with Gasteiger partial charge in [0.05, 0.1) is 17.1 Å². The molecule has 0 N–H and O–H groups in total. The Bertz CT molecular complexity index is 3040. The van der Waals surface area contributed by atoms with E-state index >= 15 is 0 Å². The first kappa shape index (κ1) is 35.7. The summed E-state index contributed by atoms with van der Waals surface area (Å²) in [5, 5.41) is 10.0. The van der Waals surface area contributed by atoms with Crippen molar-refractivity contribution in [2.24, 2.45) is 10.9 Å². The molecule has 3 heteroatoms. The van der Waals surface area contributed by atoms with Crippen LogP contribution in [0.25, 0.3) is 59.9 Å². The van der Waals surface area contributed by atoms with Crippen molar-refractivity contribution in [3.8, 4) is 11.3 Å². The number of nitrogens with zero attached hydrogens (tertiary/aromatic N) is 3. The van der Waals surface area contributed by atoms with E-state index in [1.54, 1.807) is 0 Å². The normalized spacial score (nSPS) is 20.4. The van der Waals surface area contributed by atoms with Crippen LogP contribution < -0.4 is 0 Å². The lowest BCUT2D eigenvalue weighted by Gasteiger charge is -2.22. The molecule has 1 aromatic heterocycles. The Morgan fingerprint density at radius 3 is 1.88 bits per heavy atom. The zero-order chi connectivity index (χ0) is 39.2. The highest BCUT2D eigenvalue weighted by atomic mass is 14.9. The summed E-state index contributed by atoms with van der Waals surface area (Å²) in [7, 11) is 0. The minimum atomic E-state index is 0.0541. The molecule has 58 heavy (non-hydrogen) atoms. The molecule has 3 atom stereocenters. The van der Waals surface area contributed by atoms with Gasteiger partial charge in [-0.1, -0.05) is 153 Å². The maximum Gasteiger partial charge on any atom is 0.136 e. The number of hydrogen-bond acceptors (Lipinski definition) is 3. The lowest BCUT2D eigenvalue weighted by molar-refractivity contribution is 0.726. The van der Waals surface area contributed by atoms with Gasteiger partial charge in [-0.25, -0.2) is 9.97 Å². The van der Waals surface area contributed by atoms with E-state index < -0.39 is 0 Å². The molecule has 3 aliphatic carbocycles. The van der Waals surface area contributed by atoms with Crippen molar-refractivity contribution >= 4 is 54.4 Å². The Hall–Kier alpha value is -6.71. The fourth-order valence-corrected chi connectivity index (χ4v) is 8.99. The number of aromatic nitrogens is 2.